The van der Waals surface area contributed by atoms with E-state index < -0.39 is 0 Å². The first-order valence-electron chi connectivity index (χ1n) is 9.03. The summed E-state index contributed by atoms with van der Waals surface area (Å²) in [6, 6.07) is 18.0. The van der Waals surface area contributed by atoms with Crippen molar-refractivity contribution >= 4 is 5.91 Å². The molecule has 3 N–H and O–H groups in total. The van der Waals surface area contributed by atoms with Crippen molar-refractivity contribution in [2.24, 2.45) is 5.73 Å². The lowest BCUT2D eigenvalue weighted by molar-refractivity contribution is -0.122. The Morgan fingerprint density at radius 2 is 1.88 bits per heavy atom. The van der Waals surface area contributed by atoms with Crippen molar-refractivity contribution in [3.05, 3.63) is 65.7 Å². The molecule has 1 unspecified atom stereocenters. The van der Waals surface area contributed by atoms with Gasteiger partial charge >= 0.3 is 0 Å². The molecule has 2 aromatic rings. The monoisotopic (exact) mass is 353 g/mol. The van der Waals surface area contributed by atoms with Crippen molar-refractivity contribution in [2.75, 3.05) is 26.7 Å². The van der Waals surface area contributed by atoms with Gasteiger partial charge in [-0.1, -0.05) is 48.5 Å². The van der Waals surface area contributed by atoms with Crippen molar-refractivity contribution in [1.82, 2.24) is 10.2 Å². The molecule has 1 aliphatic heterocycles. The van der Waals surface area contributed by atoms with Crippen LogP contribution in [-0.4, -0.2) is 43.6 Å². The summed E-state index contributed by atoms with van der Waals surface area (Å²) in [6.07, 6.45) is 0. The van der Waals surface area contributed by atoms with Gasteiger partial charge in [0.2, 0.25) is 5.91 Å². The molecular formula is C21H27N3O2. The van der Waals surface area contributed by atoms with Gasteiger partial charge in [-0.25, -0.2) is 0 Å². The van der Waals surface area contributed by atoms with Crippen LogP contribution < -0.4 is 15.8 Å². The Hall–Kier alpha value is -2.37. The third kappa shape index (κ3) is 4.23. The average molecular weight is 353 g/mol. The van der Waals surface area contributed by atoms with Crippen LogP contribution in [0.3, 0.4) is 0 Å². The van der Waals surface area contributed by atoms with Crippen LogP contribution in [0.4, 0.5) is 0 Å². The number of methoxy groups -OCH3 is 1. The molecule has 1 aliphatic rings. The molecule has 1 saturated heterocycles. The number of rotatable bonds is 6. The fourth-order valence-electron chi connectivity index (χ4n) is 3.69. The second-order valence-electron chi connectivity index (χ2n) is 6.91. The third-order valence-electron chi connectivity index (χ3n) is 5.02. The fraction of sp³-hybridized carbons (Fsp3) is 0.381. The number of nitrogens with zero attached hydrogens (tertiary/aromatic N) is 1. The molecule has 26 heavy (non-hydrogen) atoms. The Labute approximate surface area is 155 Å². The van der Waals surface area contributed by atoms with E-state index in [4.69, 9.17) is 10.5 Å². The minimum Gasteiger partial charge on any atom is -0.496 e. The fourth-order valence-corrected chi connectivity index (χ4v) is 3.69. The largest absolute Gasteiger partial charge is 0.496 e. The number of ether oxygens (including phenoxy) is 1. The minimum absolute atomic E-state index is 0.00400. The Balaban J connectivity index is 1.57. The Morgan fingerprint density at radius 1 is 1.19 bits per heavy atom. The Bertz CT molecular complexity index is 735. The number of hydrogen-bond acceptors (Lipinski definition) is 4. The molecule has 5 nitrogen and oxygen atoms in total. The molecule has 0 aromatic heterocycles. The number of para-hydroxylation sites is 1. The zero-order chi connectivity index (χ0) is 18.5. The lowest BCUT2D eigenvalue weighted by Crippen LogP contribution is -2.38. The van der Waals surface area contributed by atoms with Crippen molar-refractivity contribution in [3.63, 3.8) is 0 Å². The quantitative estimate of drug-likeness (QED) is 0.836. The van der Waals surface area contributed by atoms with Gasteiger partial charge in [0.1, 0.15) is 5.75 Å². The zero-order valence-electron chi connectivity index (χ0n) is 15.4. The molecule has 1 heterocycles. The molecule has 3 atom stereocenters. The molecule has 2 aromatic carbocycles. The summed E-state index contributed by atoms with van der Waals surface area (Å²) in [5.74, 6) is 1.06. The van der Waals surface area contributed by atoms with E-state index in [-0.39, 0.29) is 23.9 Å². The smallest absolute Gasteiger partial charge is 0.234 e. The van der Waals surface area contributed by atoms with E-state index in [0.717, 1.165) is 24.4 Å². The highest BCUT2D eigenvalue weighted by molar-refractivity contribution is 5.78. The standard InChI is InChI=1S/C21H27N3O2/c1-15(17-10-6-7-11-20(17)26-2)23-21(25)14-24-12-18(19(22)13-24)16-8-4-3-5-9-16/h3-11,15,18-19H,12-14,22H2,1-2H3,(H,23,25)/t15?,18-,19+/m0/s1. The third-order valence-corrected chi connectivity index (χ3v) is 5.02. The van der Waals surface area contributed by atoms with Gasteiger partial charge in [0.05, 0.1) is 19.7 Å². The van der Waals surface area contributed by atoms with E-state index in [1.165, 1.54) is 5.56 Å². The predicted molar refractivity (Wildman–Crippen MR) is 103 cm³/mol. The zero-order valence-corrected chi connectivity index (χ0v) is 15.4. The molecule has 3 rings (SSSR count). The SMILES string of the molecule is COc1ccccc1C(C)NC(=O)CN1C[C@@H](N)[C@H](c2ccccc2)C1. The van der Waals surface area contributed by atoms with Crippen molar-refractivity contribution in [1.29, 1.82) is 0 Å². The topological polar surface area (TPSA) is 67.6 Å². The first-order valence-corrected chi connectivity index (χ1v) is 9.03. The van der Waals surface area contributed by atoms with E-state index >= 15 is 0 Å². The van der Waals surface area contributed by atoms with Crippen LogP contribution in [0.2, 0.25) is 0 Å². The van der Waals surface area contributed by atoms with Crippen LogP contribution >= 0.6 is 0 Å². The van der Waals surface area contributed by atoms with Crippen LogP contribution in [-0.2, 0) is 4.79 Å². The molecule has 0 radical (unpaired) electrons. The van der Waals surface area contributed by atoms with Gasteiger partial charge in [-0.3, -0.25) is 9.69 Å². The van der Waals surface area contributed by atoms with Gasteiger partial charge in [0.25, 0.3) is 0 Å². The number of hydrogen-bond donors (Lipinski definition) is 2. The number of carbonyl (C=O) groups excluding carboxylic acids is 1. The Kier molecular flexibility index (Phi) is 5.91. The van der Waals surface area contributed by atoms with Gasteiger partial charge in [0.15, 0.2) is 0 Å². The number of benzene rings is 2. The summed E-state index contributed by atoms with van der Waals surface area (Å²) in [6.45, 7) is 3.87. The molecular weight excluding hydrogens is 326 g/mol. The number of nitrogens with two attached hydrogens (primary N) is 1. The van der Waals surface area contributed by atoms with E-state index in [1.54, 1.807) is 7.11 Å². The number of likely N-dealkylation sites (tertiary alicyclic amines) is 1. The lowest BCUT2D eigenvalue weighted by atomic mass is 9.95. The van der Waals surface area contributed by atoms with Gasteiger partial charge in [-0.05, 0) is 18.6 Å². The maximum atomic E-state index is 12.5. The van der Waals surface area contributed by atoms with Gasteiger partial charge in [0, 0.05) is 30.6 Å². The molecule has 0 saturated carbocycles. The van der Waals surface area contributed by atoms with E-state index in [9.17, 15) is 4.79 Å². The second-order valence-corrected chi connectivity index (χ2v) is 6.91. The van der Waals surface area contributed by atoms with Crippen LogP contribution in [0.25, 0.3) is 0 Å². The second kappa shape index (κ2) is 8.34. The average Bonchev–Trinajstić information content (AvgIpc) is 3.02. The minimum atomic E-state index is -0.111. The van der Waals surface area contributed by atoms with Crippen LogP contribution in [0.5, 0.6) is 5.75 Å². The molecule has 1 amide bonds. The maximum Gasteiger partial charge on any atom is 0.234 e. The van der Waals surface area contributed by atoms with Gasteiger partial charge in [-0.15, -0.1) is 0 Å². The van der Waals surface area contributed by atoms with E-state index in [2.05, 4.69) is 22.3 Å². The van der Waals surface area contributed by atoms with Crippen molar-refractivity contribution in [2.45, 2.75) is 24.9 Å². The summed E-state index contributed by atoms with van der Waals surface area (Å²) < 4.78 is 5.38. The molecule has 5 heteroatoms. The van der Waals surface area contributed by atoms with Crippen LogP contribution in [0.1, 0.15) is 30.0 Å². The lowest BCUT2D eigenvalue weighted by Gasteiger charge is -2.20. The summed E-state index contributed by atoms with van der Waals surface area (Å²) in [7, 11) is 1.64. The summed E-state index contributed by atoms with van der Waals surface area (Å²) >= 11 is 0. The first kappa shape index (κ1) is 18.4. The van der Waals surface area contributed by atoms with Crippen LogP contribution in [0.15, 0.2) is 54.6 Å². The molecule has 0 bridgehead atoms. The van der Waals surface area contributed by atoms with Gasteiger partial charge in [-0.2, -0.15) is 0 Å². The number of amides is 1. The number of nitrogens with one attached hydrogen (secondary N) is 1. The van der Waals surface area contributed by atoms with Crippen molar-refractivity contribution in [3.8, 4) is 5.75 Å². The highest BCUT2D eigenvalue weighted by Crippen LogP contribution is 2.27. The highest BCUT2D eigenvalue weighted by atomic mass is 16.5. The number of carbonyl (C=O) groups is 1. The molecule has 0 aliphatic carbocycles. The molecule has 138 valence electrons. The normalized spacial score (nSPS) is 21.3. The first-order chi connectivity index (χ1) is 12.6. The van der Waals surface area contributed by atoms with Crippen LogP contribution in [0, 0.1) is 0 Å². The summed E-state index contributed by atoms with van der Waals surface area (Å²) in [4.78, 5) is 14.6. The van der Waals surface area contributed by atoms with E-state index in [0.29, 0.717) is 6.54 Å². The maximum absolute atomic E-state index is 12.5. The van der Waals surface area contributed by atoms with E-state index in [1.807, 2.05) is 49.4 Å². The van der Waals surface area contributed by atoms with Crippen molar-refractivity contribution < 1.29 is 9.53 Å². The molecule has 0 spiro atoms. The van der Waals surface area contributed by atoms with Gasteiger partial charge < -0.3 is 15.8 Å². The predicted octanol–water partition coefficient (Wildman–Crippen LogP) is 2.30. The summed E-state index contributed by atoms with van der Waals surface area (Å²) in [5, 5.41) is 3.07. The molecule has 1 fully saturated rings. The highest BCUT2D eigenvalue weighted by Gasteiger charge is 2.32. The summed E-state index contributed by atoms with van der Waals surface area (Å²) in [5.41, 5.74) is 8.53. The Morgan fingerprint density at radius 3 is 2.62 bits per heavy atom.